The lowest BCUT2D eigenvalue weighted by Crippen LogP contribution is -2.43. The topological polar surface area (TPSA) is 150 Å². The molecule has 188 valence electrons. The van der Waals surface area contributed by atoms with Crippen molar-refractivity contribution in [2.24, 2.45) is 0 Å². The molecule has 5 rings (SSSR count). The third kappa shape index (κ3) is 4.79. The molecule has 1 aromatic carbocycles. The highest BCUT2D eigenvalue weighted by atomic mass is 35.5. The Labute approximate surface area is 208 Å². The Kier molecular flexibility index (Phi) is 6.33. The summed E-state index contributed by atoms with van der Waals surface area (Å²) in [7, 11) is -4.06. The molecule has 2 aromatic rings. The standard InChI is InChI=1S/C20H20Cl2N3O9P/c1-20(9-30-35(28)29-5-3-13(34-35)10-6-11(21)8-12(22)7-10)16-15(31-19(27)32-16)17(33-20)25-4-2-14(23)24-18(25)26/h2,4,6-8,13,15-17H,3,5,9H2,1H3,(H2,23,24,26)/t13?,15-,16+,17-,20-,35?/m1/s1. The maximum absolute atomic E-state index is 13.3. The number of fused-ring (bicyclic) bond motifs is 1. The maximum atomic E-state index is 13.3. The molecule has 0 radical (unpaired) electrons. The quantitative estimate of drug-likeness (QED) is 0.431. The number of phosphoric acid groups is 1. The fourth-order valence-corrected chi connectivity index (χ4v) is 6.21. The number of anilines is 1. The van der Waals surface area contributed by atoms with E-state index in [2.05, 4.69) is 4.98 Å². The van der Waals surface area contributed by atoms with Gasteiger partial charge >= 0.3 is 19.7 Å². The summed E-state index contributed by atoms with van der Waals surface area (Å²) in [5.74, 6) is 0.0202. The summed E-state index contributed by atoms with van der Waals surface area (Å²) in [5, 5.41) is 0.801. The molecule has 1 aromatic heterocycles. The number of rotatable bonds is 5. The van der Waals surface area contributed by atoms with Gasteiger partial charge in [0.1, 0.15) is 11.4 Å². The van der Waals surface area contributed by atoms with Gasteiger partial charge in [-0.25, -0.2) is 14.2 Å². The number of hydrogen-bond donors (Lipinski definition) is 1. The number of carbonyl (C=O) groups excluding carboxylic acids is 1. The summed E-state index contributed by atoms with van der Waals surface area (Å²) >= 11 is 12.2. The molecule has 0 amide bonds. The Hall–Kier alpha value is -2.18. The Morgan fingerprint density at radius 2 is 2.00 bits per heavy atom. The molecule has 12 nitrogen and oxygen atoms in total. The van der Waals surface area contributed by atoms with Crippen LogP contribution in [0, 0.1) is 0 Å². The van der Waals surface area contributed by atoms with Gasteiger partial charge in [-0.05, 0) is 36.8 Å². The number of ether oxygens (including phenoxy) is 3. The summed E-state index contributed by atoms with van der Waals surface area (Å²) in [6.07, 6.45) is -2.89. The van der Waals surface area contributed by atoms with E-state index in [1.807, 2.05) is 0 Å². The van der Waals surface area contributed by atoms with E-state index in [1.54, 1.807) is 25.1 Å². The Balaban J connectivity index is 1.34. The van der Waals surface area contributed by atoms with Crippen molar-refractivity contribution in [2.45, 2.75) is 43.5 Å². The van der Waals surface area contributed by atoms with Crippen LogP contribution in [-0.2, 0) is 32.3 Å². The fraction of sp³-hybridized carbons (Fsp3) is 0.450. The van der Waals surface area contributed by atoms with Crippen molar-refractivity contribution in [2.75, 3.05) is 18.9 Å². The van der Waals surface area contributed by atoms with Crippen LogP contribution in [0.2, 0.25) is 10.0 Å². The highest BCUT2D eigenvalue weighted by Crippen LogP contribution is 2.58. The number of nitrogen functional groups attached to an aromatic ring is 1. The van der Waals surface area contributed by atoms with Gasteiger partial charge in [0.25, 0.3) is 0 Å². The average Bonchev–Trinajstić information content (AvgIpc) is 3.29. The van der Waals surface area contributed by atoms with Crippen LogP contribution >= 0.6 is 31.0 Å². The maximum Gasteiger partial charge on any atom is 0.509 e. The number of halogens is 2. The molecule has 0 aliphatic carbocycles. The van der Waals surface area contributed by atoms with E-state index in [9.17, 15) is 14.2 Å². The van der Waals surface area contributed by atoms with E-state index >= 15 is 0 Å². The van der Waals surface area contributed by atoms with Crippen LogP contribution < -0.4 is 11.4 Å². The Morgan fingerprint density at radius 1 is 1.26 bits per heavy atom. The van der Waals surface area contributed by atoms with Crippen LogP contribution in [0.25, 0.3) is 0 Å². The number of nitrogens with zero attached hydrogens (tertiary/aromatic N) is 2. The van der Waals surface area contributed by atoms with Crippen LogP contribution in [0.5, 0.6) is 0 Å². The summed E-state index contributed by atoms with van der Waals surface area (Å²) in [6, 6.07) is 6.27. The highest BCUT2D eigenvalue weighted by molar-refractivity contribution is 7.48. The van der Waals surface area contributed by atoms with E-state index in [4.69, 9.17) is 56.7 Å². The molecule has 0 saturated carbocycles. The largest absolute Gasteiger partial charge is 0.509 e. The predicted octanol–water partition coefficient (Wildman–Crippen LogP) is 3.63. The first kappa shape index (κ1) is 24.5. The van der Waals surface area contributed by atoms with Crippen LogP contribution in [0.1, 0.15) is 31.2 Å². The zero-order valence-corrected chi connectivity index (χ0v) is 20.6. The lowest BCUT2D eigenvalue weighted by Gasteiger charge is -2.32. The van der Waals surface area contributed by atoms with E-state index < -0.39 is 49.8 Å². The summed E-state index contributed by atoms with van der Waals surface area (Å²) < 4.78 is 47.5. The number of carbonyl (C=O) groups is 1. The molecular weight excluding hydrogens is 528 g/mol. The molecule has 35 heavy (non-hydrogen) atoms. The summed E-state index contributed by atoms with van der Waals surface area (Å²) in [5.41, 5.74) is 4.08. The van der Waals surface area contributed by atoms with Gasteiger partial charge in [0.2, 0.25) is 0 Å². The zero-order chi connectivity index (χ0) is 25.0. The van der Waals surface area contributed by atoms with Crippen LogP contribution in [0.15, 0.2) is 35.3 Å². The van der Waals surface area contributed by atoms with Gasteiger partial charge < -0.3 is 19.9 Å². The molecule has 2 N–H and O–H groups in total. The molecule has 3 saturated heterocycles. The first-order chi connectivity index (χ1) is 16.6. The number of hydrogen-bond acceptors (Lipinski definition) is 11. The second-order valence-corrected chi connectivity index (χ2v) is 10.9. The zero-order valence-electron chi connectivity index (χ0n) is 18.2. The molecule has 3 fully saturated rings. The summed E-state index contributed by atoms with van der Waals surface area (Å²) in [6.45, 7) is 1.27. The number of benzene rings is 1. The average molecular weight is 548 g/mol. The Morgan fingerprint density at radius 3 is 2.71 bits per heavy atom. The van der Waals surface area contributed by atoms with Crippen molar-refractivity contribution in [1.82, 2.24) is 9.55 Å². The smallest absolute Gasteiger partial charge is 0.424 e. The lowest BCUT2D eigenvalue weighted by molar-refractivity contribution is -0.131. The van der Waals surface area contributed by atoms with Crippen molar-refractivity contribution in [3.05, 3.63) is 56.6 Å². The third-order valence-corrected chi connectivity index (χ3v) is 7.70. The minimum absolute atomic E-state index is 0.0202. The van der Waals surface area contributed by atoms with Gasteiger partial charge in [0.15, 0.2) is 18.4 Å². The van der Waals surface area contributed by atoms with E-state index in [0.717, 1.165) is 4.57 Å². The van der Waals surface area contributed by atoms with E-state index in [-0.39, 0.29) is 19.0 Å². The van der Waals surface area contributed by atoms with Crippen LogP contribution in [0.3, 0.4) is 0 Å². The molecule has 0 spiro atoms. The van der Waals surface area contributed by atoms with Gasteiger partial charge in [0.05, 0.1) is 19.3 Å². The SMILES string of the molecule is C[C@]1(COP2(=O)OCCC(c3cc(Cl)cc(Cl)c3)O2)O[C@@H](n2ccc(N)nc2=O)[C@@H]2OC(=O)O[C@@H]21. The van der Waals surface area contributed by atoms with E-state index in [1.165, 1.54) is 12.3 Å². The minimum Gasteiger partial charge on any atom is -0.424 e. The molecular formula is C20H20Cl2N3O9P. The fourth-order valence-electron chi connectivity index (χ4n) is 4.19. The van der Waals surface area contributed by atoms with Gasteiger partial charge in [-0.1, -0.05) is 23.2 Å². The normalized spacial score (nSPS) is 34.3. The molecule has 15 heteroatoms. The van der Waals surface area contributed by atoms with Crippen molar-refractivity contribution in [3.8, 4) is 0 Å². The van der Waals surface area contributed by atoms with Crippen molar-refractivity contribution >= 4 is 43.0 Å². The Bertz CT molecular complexity index is 1260. The minimum atomic E-state index is -4.06. The first-order valence-corrected chi connectivity index (χ1v) is 12.7. The lowest BCUT2D eigenvalue weighted by atomic mass is 9.99. The van der Waals surface area contributed by atoms with Gasteiger partial charge in [0, 0.05) is 22.7 Å². The number of aromatic nitrogens is 2. The number of nitrogens with two attached hydrogens (primary N) is 1. The van der Waals surface area contributed by atoms with E-state index in [0.29, 0.717) is 22.0 Å². The molecule has 3 aliphatic rings. The van der Waals surface area contributed by atoms with Crippen molar-refractivity contribution < 1.29 is 37.1 Å². The molecule has 0 bridgehead atoms. The van der Waals surface area contributed by atoms with Gasteiger partial charge in [-0.3, -0.25) is 18.1 Å². The van der Waals surface area contributed by atoms with Crippen LogP contribution in [-0.4, -0.2) is 46.7 Å². The van der Waals surface area contributed by atoms with Crippen molar-refractivity contribution in [3.63, 3.8) is 0 Å². The molecule has 6 atom stereocenters. The van der Waals surface area contributed by atoms with Gasteiger partial charge in [-0.15, -0.1) is 0 Å². The number of phosphoric ester groups is 1. The first-order valence-electron chi connectivity index (χ1n) is 10.5. The third-order valence-electron chi connectivity index (χ3n) is 5.80. The van der Waals surface area contributed by atoms with Gasteiger partial charge in [-0.2, -0.15) is 4.98 Å². The second-order valence-electron chi connectivity index (χ2n) is 8.37. The molecule has 4 heterocycles. The monoisotopic (exact) mass is 547 g/mol. The molecule has 2 unspecified atom stereocenters. The van der Waals surface area contributed by atoms with Crippen molar-refractivity contribution in [1.29, 1.82) is 0 Å². The summed E-state index contributed by atoms with van der Waals surface area (Å²) in [4.78, 5) is 27.9. The predicted molar refractivity (Wildman–Crippen MR) is 121 cm³/mol. The van der Waals surface area contributed by atoms with Crippen LogP contribution in [0.4, 0.5) is 10.6 Å². The highest BCUT2D eigenvalue weighted by Gasteiger charge is 2.62. The molecule has 3 aliphatic heterocycles. The second kappa shape index (κ2) is 9.04.